The summed E-state index contributed by atoms with van der Waals surface area (Å²) in [4.78, 5) is 11.7. The fraction of sp³-hybridized carbons (Fsp3) is 0.909. The van der Waals surface area contributed by atoms with Crippen molar-refractivity contribution >= 4 is 5.97 Å². The molecule has 1 fully saturated rings. The van der Waals surface area contributed by atoms with E-state index in [1.807, 2.05) is 34.6 Å². The number of hydroxylamine groups is 2. The van der Waals surface area contributed by atoms with Crippen molar-refractivity contribution in [2.24, 2.45) is 11.8 Å². The number of methoxy groups -OCH3 is 1. The van der Waals surface area contributed by atoms with Crippen LogP contribution in [0.15, 0.2) is 0 Å². The standard InChI is InChI=1S/C11H21NO3/c1-7-8(9(13)15-6)11(4,5)12(14)10(7,2)3/h7-8,14H,1-6H3/t7-,8+/m0/s1. The van der Waals surface area contributed by atoms with Gasteiger partial charge in [0.15, 0.2) is 0 Å². The van der Waals surface area contributed by atoms with Crippen LogP contribution >= 0.6 is 0 Å². The Kier molecular flexibility index (Phi) is 2.87. The lowest BCUT2D eigenvalue weighted by Gasteiger charge is -2.35. The molecule has 0 aromatic carbocycles. The van der Waals surface area contributed by atoms with E-state index in [1.54, 1.807) is 0 Å². The number of carbonyl (C=O) groups excluding carboxylic acids is 1. The van der Waals surface area contributed by atoms with E-state index in [1.165, 1.54) is 12.2 Å². The van der Waals surface area contributed by atoms with Crippen LogP contribution in [0.3, 0.4) is 0 Å². The van der Waals surface area contributed by atoms with E-state index in [9.17, 15) is 10.0 Å². The van der Waals surface area contributed by atoms with E-state index in [0.717, 1.165) is 0 Å². The van der Waals surface area contributed by atoms with Crippen LogP contribution in [-0.2, 0) is 9.53 Å². The van der Waals surface area contributed by atoms with Gasteiger partial charge in [-0.05, 0) is 33.6 Å². The first-order chi connectivity index (χ1) is 6.67. The summed E-state index contributed by atoms with van der Waals surface area (Å²) in [5.74, 6) is -0.510. The molecule has 0 aromatic heterocycles. The van der Waals surface area contributed by atoms with Crippen LogP contribution in [0.1, 0.15) is 34.6 Å². The molecule has 0 aliphatic carbocycles. The maximum atomic E-state index is 11.7. The van der Waals surface area contributed by atoms with Gasteiger partial charge in [0.05, 0.1) is 18.6 Å². The van der Waals surface area contributed by atoms with E-state index < -0.39 is 11.1 Å². The van der Waals surface area contributed by atoms with Crippen molar-refractivity contribution in [1.82, 2.24) is 5.06 Å². The van der Waals surface area contributed by atoms with E-state index in [0.29, 0.717) is 0 Å². The molecule has 0 bridgehead atoms. The highest BCUT2D eigenvalue weighted by Gasteiger charge is 2.59. The summed E-state index contributed by atoms with van der Waals surface area (Å²) in [5.41, 5.74) is -1.00. The normalized spacial score (nSPS) is 34.1. The predicted octanol–water partition coefficient (Wildman–Crippen LogP) is 1.67. The van der Waals surface area contributed by atoms with Gasteiger partial charge in [-0.1, -0.05) is 6.92 Å². The Morgan fingerprint density at radius 1 is 1.27 bits per heavy atom. The summed E-state index contributed by atoms with van der Waals surface area (Å²) in [6.45, 7) is 9.56. The van der Waals surface area contributed by atoms with Gasteiger partial charge in [0.25, 0.3) is 0 Å². The molecule has 1 aliphatic heterocycles. The van der Waals surface area contributed by atoms with Crippen molar-refractivity contribution in [2.45, 2.75) is 45.7 Å². The Balaban J connectivity index is 3.13. The number of hydrogen-bond acceptors (Lipinski definition) is 4. The zero-order valence-corrected chi connectivity index (χ0v) is 10.4. The fourth-order valence-electron chi connectivity index (χ4n) is 2.71. The molecule has 0 aromatic rings. The molecule has 1 heterocycles. The quantitative estimate of drug-likeness (QED) is 0.676. The van der Waals surface area contributed by atoms with Gasteiger partial charge in [0, 0.05) is 5.54 Å². The number of rotatable bonds is 1. The molecule has 0 amide bonds. The highest BCUT2D eigenvalue weighted by molar-refractivity contribution is 5.75. The van der Waals surface area contributed by atoms with Crippen molar-refractivity contribution in [3.63, 3.8) is 0 Å². The van der Waals surface area contributed by atoms with Gasteiger partial charge >= 0.3 is 5.97 Å². The molecule has 4 nitrogen and oxygen atoms in total. The first-order valence-electron chi connectivity index (χ1n) is 5.24. The first-order valence-corrected chi connectivity index (χ1v) is 5.24. The number of esters is 1. The maximum Gasteiger partial charge on any atom is 0.310 e. The van der Waals surface area contributed by atoms with Crippen LogP contribution in [0, 0.1) is 11.8 Å². The van der Waals surface area contributed by atoms with Crippen molar-refractivity contribution in [2.75, 3.05) is 7.11 Å². The fourth-order valence-corrected chi connectivity index (χ4v) is 2.71. The van der Waals surface area contributed by atoms with Crippen LogP contribution in [0.5, 0.6) is 0 Å². The van der Waals surface area contributed by atoms with Crippen LogP contribution in [0.25, 0.3) is 0 Å². The topological polar surface area (TPSA) is 49.8 Å². The Morgan fingerprint density at radius 3 is 2.00 bits per heavy atom. The lowest BCUT2D eigenvalue weighted by molar-refractivity contribution is -0.201. The summed E-state index contributed by atoms with van der Waals surface area (Å²) in [6.07, 6.45) is 0. The highest BCUT2D eigenvalue weighted by atomic mass is 16.5. The number of hydrogen-bond donors (Lipinski definition) is 1. The maximum absolute atomic E-state index is 11.7. The Hall–Kier alpha value is -0.610. The SMILES string of the molecule is COC(=O)[C@H]1[C@H](C)C(C)(C)N(O)C1(C)C. The molecule has 4 heteroatoms. The molecular weight excluding hydrogens is 194 g/mol. The van der Waals surface area contributed by atoms with Gasteiger partial charge in [-0.2, -0.15) is 5.06 Å². The summed E-state index contributed by atoms with van der Waals surface area (Å²) >= 11 is 0. The average Bonchev–Trinajstić information content (AvgIpc) is 2.25. The summed E-state index contributed by atoms with van der Waals surface area (Å²) < 4.78 is 4.81. The highest BCUT2D eigenvalue weighted by Crippen LogP contribution is 2.48. The minimum Gasteiger partial charge on any atom is -0.469 e. The third-order valence-corrected chi connectivity index (χ3v) is 3.92. The molecule has 15 heavy (non-hydrogen) atoms. The van der Waals surface area contributed by atoms with Crippen LogP contribution in [-0.4, -0.2) is 34.4 Å². The molecule has 0 radical (unpaired) electrons. The largest absolute Gasteiger partial charge is 0.469 e. The van der Waals surface area contributed by atoms with E-state index in [-0.39, 0.29) is 17.8 Å². The lowest BCUT2D eigenvalue weighted by Crippen LogP contribution is -2.48. The van der Waals surface area contributed by atoms with Gasteiger partial charge in [-0.25, -0.2) is 0 Å². The van der Waals surface area contributed by atoms with Gasteiger partial charge in [-0.3, -0.25) is 4.79 Å². The average molecular weight is 215 g/mol. The summed E-state index contributed by atoms with van der Waals surface area (Å²) in [6, 6.07) is 0. The number of nitrogens with zero attached hydrogens (tertiary/aromatic N) is 1. The zero-order valence-electron chi connectivity index (χ0n) is 10.4. The van der Waals surface area contributed by atoms with E-state index >= 15 is 0 Å². The Morgan fingerprint density at radius 2 is 1.73 bits per heavy atom. The Labute approximate surface area is 91.2 Å². The van der Waals surface area contributed by atoms with E-state index in [4.69, 9.17) is 4.74 Å². The second-order valence-corrected chi connectivity index (χ2v) is 5.41. The lowest BCUT2D eigenvalue weighted by atomic mass is 9.78. The second kappa shape index (κ2) is 3.46. The van der Waals surface area contributed by atoms with Gasteiger partial charge in [0.1, 0.15) is 0 Å². The zero-order chi connectivity index (χ0) is 12.0. The molecule has 1 N–H and O–H groups in total. The third-order valence-electron chi connectivity index (χ3n) is 3.92. The summed E-state index contributed by atoms with van der Waals surface area (Å²) in [7, 11) is 1.39. The molecule has 1 saturated heterocycles. The minimum atomic E-state index is -0.587. The Bertz CT molecular complexity index is 273. The third kappa shape index (κ3) is 1.56. The summed E-state index contributed by atoms with van der Waals surface area (Å²) in [5, 5.41) is 11.4. The van der Waals surface area contributed by atoms with Gasteiger partial charge in [-0.15, -0.1) is 0 Å². The van der Waals surface area contributed by atoms with Crippen molar-refractivity contribution < 1.29 is 14.7 Å². The number of carbonyl (C=O) groups is 1. The molecule has 2 atom stereocenters. The van der Waals surface area contributed by atoms with Crippen molar-refractivity contribution in [3.8, 4) is 0 Å². The number of ether oxygens (including phenoxy) is 1. The molecule has 0 spiro atoms. The predicted molar refractivity (Wildman–Crippen MR) is 56.5 cm³/mol. The molecule has 88 valence electrons. The molecule has 1 aliphatic rings. The van der Waals surface area contributed by atoms with Crippen LogP contribution in [0.4, 0.5) is 0 Å². The van der Waals surface area contributed by atoms with Gasteiger partial charge in [0.2, 0.25) is 0 Å². The first kappa shape index (κ1) is 12.5. The van der Waals surface area contributed by atoms with Crippen molar-refractivity contribution in [3.05, 3.63) is 0 Å². The molecular formula is C11H21NO3. The van der Waals surface area contributed by atoms with Crippen LogP contribution in [0.2, 0.25) is 0 Å². The molecule has 0 unspecified atom stereocenters. The molecule has 1 rings (SSSR count). The monoisotopic (exact) mass is 215 g/mol. The molecule has 0 saturated carbocycles. The van der Waals surface area contributed by atoms with Crippen LogP contribution < -0.4 is 0 Å². The van der Waals surface area contributed by atoms with Gasteiger partial charge < -0.3 is 9.94 Å². The smallest absolute Gasteiger partial charge is 0.310 e. The van der Waals surface area contributed by atoms with E-state index in [2.05, 4.69) is 0 Å². The minimum absolute atomic E-state index is 0.0462. The van der Waals surface area contributed by atoms with Crippen molar-refractivity contribution in [1.29, 1.82) is 0 Å². The second-order valence-electron chi connectivity index (χ2n) is 5.41.